The highest BCUT2D eigenvalue weighted by atomic mass is 16.3. The third-order valence-electron chi connectivity index (χ3n) is 3.98. The monoisotopic (exact) mass is 260 g/mol. The summed E-state index contributed by atoms with van der Waals surface area (Å²) in [5.74, 6) is -0.172. The maximum atomic E-state index is 11.9. The van der Waals surface area contributed by atoms with Crippen LogP contribution in [0.5, 0.6) is 0 Å². The Kier molecular flexibility index (Phi) is 2.78. The van der Waals surface area contributed by atoms with E-state index in [9.17, 15) is 9.59 Å². The maximum absolute atomic E-state index is 11.9. The first kappa shape index (κ1) is 12.2. The zero-order valence-electron chi connectivity index (χ0n) is 10.8. The molecule has 5 heteroatoms. The highest BCUT2D eigenvalue weighted by Crippen LogP contribution is 2.29. The molecule has 1 N–H and O–H groups in total. The molecule has 1 aromatic carbocycles. The minimum Gasteiger partial charge on any atom is -0.396 e. The van der Waals surface area contributed by atoms with Crippen LogP contribution in [-0.2, 0) is 0 Å². The van der Waals surface area contributed by atoms with Crippen LogP contribution in [0.4, 0.5) is 5.69 Å². The van der Waals surface area contributed by atoms with E-state index in [4.69, 9.17) is 5.11 Å². The lowest BCUT2D eigenvalue weighted by atomic mass is 10.1. The van der Waals surface area contributed by atoms with Gasteiger partial charge in [-0.25, -0.2) is 0 Å². The molecule has 0 bridgehead atoms. The summed E-state index contributed by atoms with van der Waals surface area (Å²) in [6.45, 7) is 1.87. The minimum atomic E-state index is -0.236. The Balaban J connectivity index is 1.91. The van der Waals surface area contributed by atoms with Crippen LogP contribution in [0.2, 0.25) is 0 Å². The van der Waals surface area contributed by atoms with Gasteiger partial charge in [0.15, 0.2) is 0 Å². The van der Waals surface area contributed by atoms with Gasteiger partial charge in [-0.15, -0.1) is 0 Å². The zero-order valence-corrected chi connectivity index (χ0v) is 10.8. The Hall–Kier alpha value is -1.88. The van der Waals surface area contributed by atoms with Gasteiger partial charge < -0.3 is 10.0 Å². The van der Waals surface area contributed by atoms with Gasteiger partial charge in [-0.2, -0.15) is 0 Å². The minimum absolute atomic E-state index is 0.196. The molecule has 1 fully saturated rings. The lowest BCUT2D eigenvalue weighted by molar-refractivity contribution is 0.0693. The van der Waals surface area contributed by atoms with Crippen molar-refractivity contribution in [2.24, 2.45) is 5.92 Å². The van der Waals surface area contributed by atoms with Crippen LogP contribution in [0.25, 0.3) is 0 Å². The summed E-state index contributed by atoms with van der Waals surface area (Å²) in [7, 11) is 1.50. The van der Waals surface area contributed by atoms with E-state index in [1.165, 1.54) is 7.05 Å². The first-order valence-electron chi connectivity index (χ1n) is 6.44. The number of aliphatic hydroxyl groups is 1. The number of imide groups is 1. The van der Waals surface area contributed by atoms with Crippen LogP contribution in [0.1, 0.15) is 27.1 Å². The lowest BCUT2D eigenvalue weighted by Crippen LogP contribution is -2.24. The van der Waals surface area contributed by atoms with Gasteiger partial charge in [-0.3, -0.25) is 14.5 Å². The number of anilines is 1. The average Bonchev–Trinajstić information content (AvgIpc) is 2.99. The fraction of sp³-hybridized carbons (Fsp3) is 0.429. The van der Waals surface area contributed by atoms with Crippen molar-refractivity contribution in [1.82, 2.24) is 4.90 Å². The number of carbonyl (C=O) groups is 2. The summed E-state index contributed by atoms with van der Waals surface area (Å²) in [5, 5.41) is 9.16. The van der Waals surface area contributed by atoms with E-state index in [2.05, 4.69) is 4.90 Å². The third-order valence-corrected chi connectivity index (χ3v) is 3.98. The second-order valence-electron chi connectivity index (χ2n) is 5.18. The molecular formula is C14H16N2O3. The number of benzene rings is 1. The molecule has 100 valence electrons. The van der Waals surface area contributed by atoms with E-state index in [1.54, 1.807) is 12.1 Å². The molecule has 5 nitrogen and oxygen atoms in total. The lowest BCUT2D eigenvalue weighted by Gasteiger charge is -2.18. The van der Waals surface area contributed by atoms with Crippen molar-refractivity contribution < 1.29 is 14.7 Å². The molecule has 1 aromatic rings. The first-order chi connectivity index (χ1) is 9.11. The summed E-state index contributed by atoms with van der Waals surface area (Å²) >= 11 is 0. The Morgan fingerprint density at radius 1 is 1.26 bits per heavy atom. The first-order valence-corrected chi connectivity index (χ1v) is 6.44. The molecule has 0 spiro atoms. The zero-order chi connectivity index (χ0) is 13.6. The molecule has 2 heterocycles. The number of carbonyl (C=O) groups excluding carboxylic acids is 2. The largest absolute Gasteiger partial charge is 0.396 e. The molecule has 1 saturated heterocycles. The van der Waals surface area contributed by atoms with Crippen molar-refractivity contribution >= 4 is 17.5 Å². The van der Waals surface area contributed by atoms with Crippen molar-refractivity contribution in [3.63, 3.8) is 0 Å². The number of rotatable bonds is 2. The van der Waals surface area contributed by atoms with E-state index >= 15 is 0 Å². The second-order valence-corrected chi connectivity index (χ2v) is 5.18. The molecule has 2 aliphatic rings. The van der Waals surface area contributed by atoms with Gasteiger partial charge in [-0.1, -0.05) is 0 Å². The van der Waals surface area contributed by atoms with Gasteiger partial charge in [-0.05, 0) is 24.6 Å². The van der Waals surface area contributed by atoms with Crippen LogP contribution in [0, 0.1) is 5.92 Å². The third kappa shape index (κ3) is 1.81. The summed E-state index contributed by atoms with van der Waals surface area (Å²) in [4.78, 5) is 27.0. The van der Waals surface area contributed by atoms with Crippen molar-refractivity contribution in [3.8, 4) is 0 Å². The predicted octanol–water partition coefficient (Wildman–Crippen LogP) is 0.731. The fourth-order valence-corrected chi connectivity index (χ4v) is 2.76. The number of fused-ring (bicyclic) bond motifs is 1. The Morgan fingerprint density at radius 3 is 2.68 bits per heavy atom. The quantitative estimate of drug-likeness (QED) is 0.796. The molecular weight excluding hydrogens is 244 g/mol. The van der Waals surface area contributed by atoms with Crippen molar-refractivity contribution in [2.45, 2.75) is 6.42 Å². The molecule has 2 amide bonds. The molecule has 2 aliphatic heterocycles. The van der Waals surface area contributed by atoms with Gasteiger partial charge in [0, 0.05) is 38.3 Å². The molecule has 0 saturated carbocycles. The van der Waals surface area contributed by atoms with Gasteiger partial charge in [0.2, 0.25) is 0 Å². The van der Waals surface area contributed by atoms with Crippen molar-refractivity contribution in [3.05, 3.63) is 29.3 Å². The van der Waals surface area contributed by atoms with Gasteiger partial charge in [0.1, 0.15) is 0 Å². The predicted molar refractivity (Wildman–Crippen MR) is 70.3 cm³/mol. The molecule has 3 rings (SSSR count). The van der Waals surface area contributed by atoms with E-state index < -0.39 is 0 Å². The highest BCUT2D eigenvalue weighted by molar-refractivity contribution is 6.21. The smallest absolute Gasteiger partial charge is 0.261 e. The summed E-state index contributed by atoms with van der Waals surface area (Å²) in [6.07, 6.45) is 0.959. The van der Waals surface area contributed by atoms with Gasteiger partial charge >= 0.3 is 0 Å². The van der Waals surface area contributed by atoms with Crippen LogP contribution < -0.4 is 4.90 Å². The number of nitrogens with zero attached hydrogens (tertiary/aromatic N) is 2. The fourth-order valence-electron chi connectivity index (χ4n) is 2.76. The summed E-state index contributed by atoms with van der Waals surface area (Å²) in [5.41, 5.74) is 1.91. The Morgan fingerprint density at radius 2 is 2.00 bits per heavy atom. The number of hydrogen-bond acceptors (Lipinski definition) is 4. The average molecular weight is 260 g/mol. The number of hydrogen-bond donors (Lipinski definition) is 1. The highest BCUT2D eigenvalue weighted by Gasteiger charge is 2.33. The molecule has 1 unspecified atom stereocenters. The molecule has 19 heavy (non-hydrogen) atoms. The molecule has 0 aromatic heterocycles. The maximum Gasteiger partial charge on any atom is 0.261 e. The van der Waals surface area contributed by atoms with E-state index in [1.807, 2.05) is 6.07 Å². The number of aliphatic hydroxyl groups excluding tert-OH is 1. The van der Waals surface area contributed by atoms with E-state index in [0.717, 1.165) is 30.1 Å². The van der Waals surface area contributed by atoms with Gasteiger partial charge in [0.05, 0.1) is 11.1 Å². The second kappa shape index (κ2) is 4.35. The normalized spacial score (nSPS) is 22.3. The number of amides is 2. The Labute approximate surface area is 111 Å². The molecule has 1 atom stereocenters. The SMILES string of the molecule is CN1C(=O)c2ccc(N3CCC(CO)C3)cc2C1=O. The van der Waals surface area contributed by atoms with Crippen LogP contribution in [-0.4, -0.2) is 48.6 Å². The van der Waals surface area contributed by atoms with Crippen LogP contribution in [0.3, 0.4) is 0 Å². The topological polar surface area (TPSA) is 60.9 Å². The molecule has 0 radical (unpaired) electrons. The van der Waals surface area contributed by atoms with Crippen LogP contribution in [0.15, 0.2) is 18.2 Å². The van der Waals surface area contributed by atoms with Crippen molar-refractivity contribution in [2.75, 3.05) is 31.6 Å². The van der Waals surface area contributed by atoms with Crippen LogP contribution >= 0.6 is 0 Å². The summed E-state index contributed by atoms with van der Waals surface area (Å²) < 4.78 is 0. The van der Waals surface area contributed by atoms with E-state index in [0.29, 0.717) is 17.0 Å². The van der Waals surface area contributed by atoms with Crippen molar-refractivity contribution in [1.29, 1.82) is 0 Å². The van der Waals surface area contributed by atoms with E-state index in [-0.39, 0.29) is 18.4 Å². The Bertz CT molecular complexity index is 556. The molecule has 0 aliphatic carbocycles. The van der Waals surface area contributed by atoms with Gasteiger partial charge in [0.25, 0.3) is 11.8 Å². The standard InChI is InChI=1S/C14H16N2O3/c1-15-13(18)11-3-2-10(6-12(11)14(15)19)16-5-4-9(7-16)8-17/h2-3,6,9,17H,4-5,7-8H2,1H3. The summed E-state index contributed by atoms with van der Waals surface area (Å²) in [6, 6.07) is 5.39.